The van der Waals surface area contributed by atoms with Crippen LogP contribution in [0.5, 0.6) is 0 Å². The first-order chi connectivity index (χ1) is 13.2. The Balaban J connectivity index is 1.44. The van der Waals surface area contributed by atoms with Crippen molar-refractivity contribution < 1.29 is 4.79 Å². The van der Waals surface area contributed by atoms with Crippen molar-refractivity contribution in [2.45, 2.75) is 32.4 Å². The van der Waals surface area contributed by atoms with E-state index in [1.807, 2.05) is 0 Å². The summed E-state index contributed by atoms with van der Waals surface area (Å²) in [6.07, 6.45) is 4.98. The third kappa shape index (κ3) is 3.52. The number of carbonyl (C=O) groups is 1. The van der Waals surface area contributed by atoms with Gasteiger partial charge in [-0.2, -0.15) is 0 Å². The minimum atomic E-state index is -0.357. The maximum absolute atomic E-state index is 12.6. The first-order valence-electron chi connectivity index (χ1n) is 9.21. The number of rotatable bonds is 5. The van der Waals surface area contributed by atoms with E-state index < -0.39 is 0 Å². The fourth-order valence-electron chi connectivity index (χ4n) is 3.65. The summed E-state index contributed by atoms with van der Waals surface area (Å²) in [5.41, 5.74) is 2.54. The lowest BCUT2D eigenvalue weighted by molar-refractivity contribution is 0.0924. The van der Waals surface area contributed by atoms with E-state index in [1.54, 1.807) is 11.6 Å². The average molecular weight is 382 g/mol. The van der Waals surface area contributed by atoms with Crippen molar-refractivity contribution in [1.82, 2.24) is 19.6 Å². The van der Waals surface area contributed by atoms with E-state index in [0.29, 0.717) is 11.5 Å². The highest BCUT2D eigenvalue weighted by Gasteiger charge is 2.23. The predicted molar refractivity (Wildman–Crippen MR) is 106 cm³/mol. The van der Waals surface area contributed by atoms with Gasteiger partial charge in [0.05, 0.1) is 0 Å². The summed E-state index contributed by atoms with van der Waals surface area (Å²) in [6, 6.07) is 8.77. The summed E-state index contributed by atoms with van der Waals surface area (Å²) in [7, 11) is 0. The van der Waals surface area contributed by atoms with Crippen LogP contribution in [0.2, 0.25) is 0 Å². The zero-order valence-corrected chi connectivity index (χ0v) is 16.0. The Labute approximate surface area is 161 Å². The van der Waals surface area contributed by atoms with Crippen molar-refractivity contribution in [3.63, 3.8) is 0 Å². The molecule has 140 valence electrons. The van der Waals surface area contributed by atoms with Gasteiger partial charge in [0.2, 0.25) is 0 Å². The van der Waals surface area contributed by atoms with Gasteiger partial charge in [-0.05, 0) is 24.0 Å². The lowest BCUT2D eigenvalue weighted by atomic mass is 9.98. The third-order valence-corrected chi connectivity index (χ3v) is 6.00. The van der Waals surface area contributed by atoms with Gasteiger partial charge < -0.3 is 5.32 Å². The number of hydrogen-bond donors (Lipinski definition) is 1. The molecule has 0 spiro atoms. The summed E-state index contributed by atoms with van der Waals surface area (Å²) in [5.74, 6) is -0.357. The van der Waals surface area contributed by atoms with E-state index in [9.17, 15) is 9.59 Å². The highest BCUT2D eigenvalue weighted by Crippen LogP contribution is 2.21. The minimum absolute atomic E-state index is 0.0877. The van der Waals surface area contributed by atoms with Crippen molar-refractivity contribution in [1.29, 1.82) is 0 Å². The molecule has 27 heavy (non-hydrogen) atoms. The zero-order valence-electron chi connectivity index (χ0n) is 15.2. The molecule has 0 aliphatic carbocycles. The molecule has 3 heterocycles. The molecule has 1 atom stereocenters. The van der Waals surface area contributed by atoms with E-state index in [1.165, 1.54) is 33.1 Å². The number of fused-ring (bicyclic) bond motifs is 2. The molecule has 0 radical (unpaired) electrons. The van der Waals surface area contributed by atoms with Gasteiger partial charge in [-0.3, -0.25) is 18.9 Å². The summed E-state index contributed by atoms with van der Waals surface area (Å²) >= 11 is 1.37. The minimum Gasteiger partial charge on any atom is -0.350 e. The van der Waals surface area contributed by atoms with Gasteiger partial charge in [-0.15, -0.1) is 11.3 Å². The summed E-state index contributed by atoms with van der Waals surface area (Å²) < 4.78 is 1.42. The van der Waals surface area contributed by atoms with Crippen molar-refractivity contribution >= 4 is 22.2 Å². The summed E-state index contributed by atoms with van der Waals surface area (Å²) in [5, 5.41) is 4.72. The SMILES string of the molecule is CC[C@H](CNC(=O)c1cnc2sccn2c1=O)N1CCc2ccccc2C1. The smallest absolute Gasteiger partial charge is 0.271 e. The second kappa shape index (κ2) is 7.62. The van der Waals surface area contributed by atoms with Crippen LogP contribution >= 0.6 is 11.3 Å². The standard InChI is InChI=1S/C20H22N4O2S/c1-2-16(23-8-7-14-5-3-4-6-15(14)13-23)11-21-18(25)17-12-22-20-24(19(17)26)9-10-27-20/h3-6,9-10,12,16H,2,7-8,11,13H2,1H3,(H,21,25)/t16-/m1/s1. The Morgan fingerprint density at radius 1 is 1.33 bits per heavy atom. The van der Waals surface area contributed by atoms with E-state index >= 15 is 0 Å². The number of benzene rings is 1. The van der Waals surface area contributed by atoms with Gasteiger partial charge in [-0.25, -0.2) is 4.98 Å². The van der Waals surface area contributed by atoms with Gasteiger partial charge in [0.15, 0.2) is 4.96 Å². The number of nitrogens with zero attached hydrogens (tertiary/aromatic N) is 3. The fraction of sp³-hybridized carbons (Fsp3) is 0.350. The molecular weight excluding hydrogens is 360 g/mol. The van der Waals surface area contributed by atoms with Crippen LogP contribution in [0.25, 0.3) is 4.96 Å². The van der Waals surface area contributed by atoms with Gasteiger partial charge in [0.1, 0.15) is 5.56 Å². The Morgan fingerprint density at radius 2 is 2.15 bits per heavy atom. The first-order valence-corrected chi connectivity index (χ1v) is 10.1. The maximum atomic E-state index is 12.6. The number of nitrogens with one attached hydrogen (secondary N) is 1. The van der Waals surface area contributed by atoms with Crippen LogP contribution in [0.1, 0.15) is 34.8 Å². The van der Waals surface area contributed by atoms with Crippen molar-refractivity contribution in [2.24, 2.45) is 0 Å². The Morgan fingerprint density at radius 3 is 2.96 bits per heavy atom. The Bertz CT molecular complexity index is 1030. The number of amides is 1. The molecule has 0 unspecified atom stereocenters. The van der Waals surface area contributed by atoms with Gasteiger partial charge in [0.25, 0.3) is 11.5 Å². The van der Waals surface area contributed by atoms with Crippen LogP contribution in [0.4, 0.5) is 0 Å². The lowest BCUT2D eigenvalue weighted by Crippen LogP contribution is -2.46. The topological polar surface area (TPSA) is 66.7 Å². The molecule has 6 nitrogen and oxygen atoms in total. The van der Waals surface area contributed by atoms with Crippen LogP contribution in [0.15, 0.2) is 46.8 Å². The molecule has 7 heteroatoms. The van der Waals surface area contributed by atoms with E-state index in [4.69, 9.17) is 0 Å². The van der Waals surface area contributed by atoms with E-state index in [-0.39, 0.29) is 23.1 Å². The molecule has 3 aromatic rings. The molecule has 4 rings (SSSR count). The quantitative estimate of drug-likeness (QED) is 0.735. The van der Waals surface area contributed by atoms with Gasteiger partial charge in [0, 0.05) is 43.4 Å². The van der Waals surface area contributed by atoms with Crippen LogP contribution in [-0.4, -0.2) is 39.3 Å². The van der Waals surface area contributed by atoms with Crippen LogP contribution in [-0.2, 0) is 13.0 Å². The summed E-state index contributed by atoms with van der Waals surface area (Å²) in [6.45, 7) is 4.53. The monoisotopic (exact) mass is 382 g/mol. The molecule has 1 amide bonds. The highest BCUT2D eigenvalue weighted by atomic mass is 32.1. The number of carbonyl (C=O) groups excluding carboxylic acids is 1. The highest BCUT2D eigenvalue weighted by molar-refractivity contribution is 7.15. The van der Waals surface area contributed by atoms with Gasteiger partial charge in [-0.1, -0.05) is 31.2 Å². The molecule has 0 fully saturated rings. The van der Waals surface area contributed by atoms with Crippen LogP contribution in [0.3, 0.4) is 0 Å². The van der Waals surface area contributed by atoms with Crippen molar-refractivity contribution in [3.8, 4) is 0 Å². The Hall–Kier alpha value is -2.51. The molecule has 1 aromatic carbocycles. The fourth-order valence-corrected chi connectivity index (χ4v) is 4.32. The van der Waals surface area contributed by atoms with Crippen molar-refractivity contribution in [2.75, 3.05) is 13.1 Å². The molecular formula is C20H22N4O2S. The average Bonchev–Trinajstić information content (AvgIpc) is 3.18. The second-order valence-corrected chi connectivity index (χ2v) is 7.67. The molecule has 1 aliphatic rings. The zero-order chi connectivity index (χ0) is 18.8. The molecule has 1 aliphatic heterocycles. The largest absolute Gasteiger partial charge is 0.350 e. The third-order valence-electron chi connectivity index (χ3n) is 5.23. The molecule has 0 saturated heterocycles. The van der Waals surface area contributed by atoms with Crippen LogP contribution in [0, 0.1) is 0 Å². The first kappa shape index (κ1) is 17.9. The van der Waals surface area contributed by atoms with E-state index in [0.717, 1.165) is 25.9 Å². The Kier molecular flexibility index (Phi) is 5.05. The second-order valence-electron chi connectivity index (χ2n) is 6.79. The molecule has 0 bridgehead atoms. The van der Waals surface area contributed by atoms with Crippen molar-refractivity contribution in [3.05, 3.63) is 69.1 Å². The molecule has 1 N–H and O–H groups in total. The number of hydrogen-bond acceptors (Lipinski definition) is 5. The molecule has 2 aromatic heterocycles. The summed E-state index contributed by atoms with van der Waals surface area (Å²) in [4.78, 5) is 32.2. The normalized spacial score (nSPS) is 15.4. The number of thiazole rings is 1. The van der Waals surface area contributed by atoms with E-state index in [2.05, 4.69) is 46.4 Å². The molecule has 0 saturated carbocycles. The van der Waals surface area contributed by atoms with Gasteiger partial charge >= 0.3 is 0 Å². The lowest BCUT2D eigenvalue weighted by Gasteiger charge is -2.35. The number of aromatic nitrogens is 2. The predicted octanol–water partition coefficient (Wildman–Crippen LogP) is 2.32. The van der Waals surface area contributed by atoms with Crippen LogP contribution < -0.4 is 10.9 Å². The maximum Gasteiger partial charge on any atom is 0.271 e.